The van der Waals surface area contributed by atoms with Crippen LogP contribution < -0.4 is 4.74 Å². The quantitative estimate of drug-likeness (QED) is 0.108. The molecule has 8 aromatic carbocycles. The second kappa shape index (κ2) is 25.7. The largest absolute Gasteiger partial charge is 0.489 e. The van der Waals surface area contributed by atoms with Crippen molar-refractivity contribution in [1.82, 2.24) is 29.7 Å². The number of hydrogen-bond donors (Lipinski definition) is 3. The molecular weight excluding hydrogens is 989 g/mol. The highest BCUT2D eigenvalue weighted by molar-refractivity contribution is 5.92. The molecule has 7 heteroatoms. The number of piperidine rings is 2. The van der Waals surface area contributed by atoms with Crippen molar-refractivity contribution in [2.45, 2.75) is 89.9 Å². The lowest BCUT2D eigenvalue weighted by Crippen LogP contribution is -2.34. The predicted octanol–water partition coefficient (Wildman–Crippen LogP) is 17.7. The van der Waals surface area contributed by atoms with Crippen LogP contribution in [0.2, 0.25) is 0 Å². The number of fused-ring (bicyclic) bond motifs is 3. The van der Waals surface area contributed by atoms with Gasteiger partial charge in [0.05, 0.1) is 23.8 Å². The average molecular weight is 1070 g/mol. The number of H-pyrrole nitrogens is 3. The zero-order chi connectivity index (χ0) is 54.7. The van der Waals surface area contributed by atoms with Gasteiger partial charge in [-0.3, -0.25) is 14.7 Å². The molecule has 3 atom stereocenters. The van der Waals surface area contributed by atoms with Crippen molar-refractivity contribution >= 4 is 32.7 Å². The summed E-state index contributed by atoms with van der Waals surface area (Å²) in [7, 11) is 0. The molecule has 3 aliphatic rings. The summed E-state index contributed by atoms with van der Waals surface area (Å²) in [6.07, 6.45) is 14.9. The molecule has 0 spiro atoms. The third-order valence-electron chi connectivity index (χ3n) is 17.3. The van der Waals surface area contributed by atoms with E-state index in [0.29, 0.717) is 12.6 Å². The maximum Gasteiger partial charge on any atom is 0.120 e. The van der Waals surface area contributed by atoms with Gasteiger partial charge in [-0.15, -0.1) is 0 Å². The summed E-state index contributed by atoms with van der Waals surface area (Å²) >= 11 is 0. The first kappa shape index (κ1) is 53.7. The lowest BCUT2D eigenvalue weighted by atomic mass is 9.91. The molecule has 0 amide bonds. The summed E-state index contributed by atoms with van der Waals surface area (Å²) in [5.74, 6) is 0.914. The molecular formula is C74H78N6O. The maximum atomic E-state index is 6.13. The van der Waals surface area contributed by atoms with E-state index in [1.54, 1.807) is 0 Å². The Labute approximate surface area is 479 Å². The van der Waals surface area contributed by atoms with Crippen LogP contribution in [0.15, 0.2) is 219 Å². The van der Waals surface area contributed by atoms with Crippen LogP contribution >= 0.6 is 0 Å². The monoisotopic (exact) mass is 1070 g/mol. The Morgan fingerprint density at radius 1 is 0.407 bits per heavy atom. The summed E-state index contributed by atoms with van der Waals surface area (Å²) in [5.41, 5.74) is 18.4. The number of nitrogens with zero attached hydrogens (tertiary/aromatic N) is 3. The summed E-state index contributed by atoms with van der Waals surface area (Å²) < 4.78 is 6.13. The molecule has 0 saturated carbocycles. The number of aromatic nitrogens is 3. The molecule has 14 rings (SSSR count). The Morgan fingerprint density at radius 3 is 1.60 bits per heavy atom. The van der Waals surface area contributed by atoms with Gasteiger partial charge in [-0.05, 0) is 172 Å². The van der Waals surface area contributed by atoms with E-state index in [-0.39, 0.29) is 12.1 Å². The van der Waals surface area contributed by atoms with Crippen molar-refractivity contribution in [2.24, 2.45) is 0 Å². The van der Waals surface area contributed by atoms with Gasteiger partial charge in [0.2, 0.25) is 0 Å². The highest BCUT2D eigenvalue weighted by atomic mass is 16.5. The van der Waals surface area contributed by atoms with E-state index in [4.69, 9.17) is 4.74 Å². The van der Waals surface area contributed by atoms with E-state index in [1.807, 2.05) is 6.07 Å². The topological polar surface area (TPSA) is 66.3 Å². The van der Waals surface area contributed by atoms with Gasteiger partial charge in [0.25, 0.3) is 0 Å². The van der Waals surface area contributed by atoms with Gasteiger partial charge in [0, 0.05) is 50.7 Å². The second-order valence-electron chi connectivity index (χ2n) is 22.6. The van der Waals surface area contributed by atoms with Crippen molar-refractivity contribution in [3.8, 4) is 17.0 Å². The van der Waals surface area contributed by atoms with Crippen LogP contribution in [0, 0.1) is 13.8 Å². The van der Waals surface area contributed by atoms with E-state index >= 15 is 0 Å². The van der Waals surface area contributed by atoms with Gasteiger partial charge < -0.3 is 19.7 Å². The first-order valence-corrected chi connectivity index (χ1v) is 29.9. The van der Waals surface area contributed by atoms with E-state index in [1.165, 1.54) is 153 Å². The number of hydrogen-bond acceptors (Lipinski definition) is 4. The maximum absolute atomic E-state index is 6.13. The average Bonchev–Trinajstić information content (AvgIpc) is 4.53. The van der Waals surface area contributed by atoms with Crippen LogP contribution in [-0.4, -0.2) is 68.9 Å². The highest BCUT2D eigenvalue weighted by Crippen LogP contribution is 2.43. The fraction of sp³-hybridized carbons (Fsp3) is 0.270. The summed E-state index contributed by atoms with van der Waals surface area (Å²) in [6, 6.07) is 74.4. The standard InChI is InChI=1S/C27H28N2O.C25H24N2.C22H26N2/c1-4-10-21(11-5-1)20-30-23-14-15-26-24(18-23)25(19-28-26)27(22-12-6-2-7-13-22)29-16-8-3-9-17-29;1-3-11-19(12-4-1)24-23(21-15-7-8-16-22(21)26-24)25(27-17-9-10-18-27)20-13-5-2-6-14-20;1-16-9-4-5-11-18(16)22(24-13-6-3-7-14-24)19-15-23-20-12-8-10-17(2)21(19)20/h1-2,4-7,10-15,18-19,27-28H,3,8-9,16-17,20H2;1-8,11-16,25-26H,9-10,17-18H2;4-5,8-12,15,22-23H,3,6-7,13-14H2,1-2H3. The smallest absolute Gasteiger partial charge is 0.120 e. The molecule has 3 N–H and O–H groups in total. The lowest BCUT2D eigenvalue weighted by molar-refractivity contribution is 0.188. The molecule has 0 aliphatic carbocycles. The lowest BCUT2D eigenvalue weighted by Gasteiger charge is -2.35. The van der Waals surface area contributed by atoms with E-state index < -0.39 is 0 Å². The normalized spacial score (nSPS) is 16.3. The van der Waals surface area contributed by atoms with Gasteiger partial charge >= 0.3 is 0 Å². The van der Waals surface area contributed by atoms with Crippen LogP contribution in [-0.2, 0) is 6.61 Å². The van der Waals surface area contributed by atoms with Crippen LogP contribution in [0.4, 0.5) is 0 Å². The van der Waals surface area contributed by atoms with Crippen molar-refractivity contribution in [3.05, 3.63) is 269 Å². The third kappa shape index (κ3) is 12.1. The van der Waals surface area contributed by atoms with E-state index in [2.05, 4.69) is 256 Å². The molecule has 6 heterocycles. The van der Waals surface area contributed by atoms with Gasteiger partial charge in [-0.1, -0.05) is 189 Å². The minimum Gasteiger partial charge on any atom is -0.489 e. The Kier molecular flexibility index (Phi) is 17.0. The minimum absolute atomic E-state index is 0.268. The van der Waals surface area contributed by atoms with Crippen LogP contribution in [0.25, 0.3) is 44.0 Å². The highest BCUT2D eigenvalue weighted by Gasteiger charge is 2.31. The zero-order valence-electron chi connectivity index (χ0n) is 47.4. The molecule has 410 valence electrons. The van der Waals surface area contributed by atoms with E-state index in [9.17, 15) is 0 Å². The van der Waals surface area contributed by atoms with Crippen molar-refractivity contribution in [2.75, 3.05) is 39.3 Å². The summed E-state index contributed by atoms with van der Waals surface area (Å²) in [6.45, 7) is 12.1. The molecule has 3 fully saturated rings. The van der Waals surface area contributed by atoms with Crippen LogP contribution in [0.3, 0.4) is 0 Å². The number of benzene rings is 8. The van der Waals surface area contributed by atoms with Crippen molar-refractivity contribution < 1.29 is 4.74 Å². The molecule has 3 aromatic heterocycles. The van der Waals surface area contributed by atoms with Gasteiger partial charge in [-0.25, -0.2) is 0 Å². The van der Waals surface area contributed by atoms with Gasteiger partial charge in [0.15, 0.2) is 0 Å². The first-order valence-electron chi connectivity index (χ1n) is 29.9. The molecule has 3 saturated heterocycles. The molecule has 3 unspecified atom stereocenters. The second-order valence-corrected chi connectivity index (χ2v) is 22.6. The van der Waals surface area contributed by atoms with Crippen LogP contribution in [0.5, 0.6) is 5.75 Å². The van der Waals surface area contributed by atoms with E-state index in [0.717, 1.165) is 37.4 Å². The fourth-order valence-electron chi connectivity index (χ4n) is 13.3. The Bertz CT molecular complexity index is 3730. The SMILES string of the molecule is Cc1ccccc1C(c1c[nH]c2cccc(C)c12)N1CCCCC1.c1ccc(-c2[nH]c3ccccc3c2C(c2ccccc2)N2CCCC2)cc1.c1ccc(COc2ccc3[nH]cc(C(c4ccccc4)N4CCCCC4)c3c2)cc1. The fourth-order valence-corrected chi connectivity index (χ4v) is 13.3. The number of likely N-dealkylation sites (tertiary alicyclic amines) is 3. The number of nitrogens with one attached hydrogen (secondary N) is 3. The third-order valence-corrected chi connectivity index (χ3v) is 17.3. The zero-order valence-corrected chi connectivity index (χ0v) is 47.4. The molecule has 0 bridgehead atoms. The van der Waals surface area contributed by atoms with Crippen molar-refractivity contribution in [3.63, 3.8) is 0 Å². The summed E-state index contributed by atoms with van der Waals surface area (Å²) in [5, 5.41) is 3.98. The van der Waals surface area contributed by atoms with Gasteiger partial charge in [-0.2, -0.15) is 0 Å². The number of aromatic amines is 3. The van der Waals surface area contributed by atoms with Crippen LogP contribution in [0.1, 0.15) is 120 Å². The Balaban J connectivity index is 0.000000121. The minimum atomic E-state index is 0.268. The molecule has 7 nitrogen and oxygen atoms in total. The molecule has 3 aliphatic heterocycles. The molecule has 11 aromatic rings. The molecule has 0 radical (unpaired) electrons. The Hall–Kier alpha value is -7.94. The number of ether oxygens (including phenoxy) is 1. The van der Waals surface area contributed by atoms with Crippen molar-refractivity contribution in [1.29, 1.82) is 0 Å². The predicted molar refractivity (Wildman–Crippen MR) is 337 cm³/mol. The number of aryl methyl sites for hydroxylation is 2. The summed E-state index contributed by atoms with van der Waals surface area (Å²) in [4.78, 5) is 18.7. The Morgan fingerprint density at radius 2 is 0.926 bits per heavy atom. The van der Waals surface area contributed by atoms with Gasteiger partial charge in [0.1, 0.15) is 12.4 Å². The molecule has 81 heavy (non-hydrogen) atoms. The first-order chi connectivity index (χ1) is 40.1. The number of rotatable bonds is 13. The number of para-hydroxylation sites is 1.